The van der Waals surface area contributed by atoms with Crippen LogP contribution < -0.4 is 9.80 Å². The fraction of sp³-hybridized carbons (Fsp3) is 0.414. The van der Waals surface area contributed by atoms with Gasteiger partial charge in [0.15, 0.2) is 5.82 Å². The lowest BCUT2D eigenvalue weighted by Crippen LogP contribution is -2.55. The van der Waals surface area contributed by atoms with Gasteiger partial charge in [-0.3, -0.25) is 9.89 Å². The summed E-state index contributed by atoms with van der Waals surface area (Å²) in [5.41, 5.74) is 4.96. The number of H-pyrrole nitrogens is 1. The minimum Gasteiger partial charge on any atom is -0.365 e. The molecule has 2 aromatic carbocycles. The van der Waals surface area contributed by atoms with Gasteiger partial charge in [-0.2, -0.15) is 10.4 Å². The number of piperazine rings is 1. The van der Waals surface area contributed by atoms with E-state index in [9.17, 15) is 10.1 Å². The van der Waals surface area contributed by atoms with Crippen molar-refractivity contribution in [2.24, 2.45) is 0 Å². The minimum absolute atomic E-state index is 0.0215. The number of amides is 1. The van der Waals surface area contributed by atoms with Crippen molar-refractivity contribution < 1.29 is 4.79 Å². The van der Waals surface area contributed by atoms with Gasteiger partial charge in [0.1, 0.15) is 0 Å². The fourth-order valence-electron chi connectivity index (χ4n) is 5.61. The highest BCUT2D eigenvalue weighted by Crippen LogP contribution is 2.35. The molecule has 2 aliphatic rings. The first-order valence-corrected chi connectivity index (χ1v) is 13.0. The molecule has 3 aromatic rings. The van der Waals surface area contributed by atoms with Crippen molar-refractivity contribution in [3.63, 3.8) is 0 Å². The van der Waals surface area contributed by atoms with E-state index in [0.717, 1.165) is 31.0 Å². The molecule has 1 atom stereocenters. The topological polar surface area (TPSA) is 82.5 Å². The maximum Gasteiger partial charge on any atom is 0.246 e. The van der Waals surface area contributed by atoms with E-state index in [1.165, 1.54) is 27.6 Å². The molecular weight excluding hydrogens is 462 g/mol. The van der Waals surface area contributed by atoms with Crippen LogP contribution in [0.1, 0.15) is 23.2 Å². The zero-order chi connectivity index (χ0) is 25.9. The second-order valence-electron chi connectivity index (χ2n) is 10.3. The third kappa shape index (κ3) is 5.05. The van der Waals surface area contributed by atoms with E-state index in [-0.39, 0.29) is 11.9 Å². The predicted molar refractivity (Wildman–Crippen MR) is 148 cm³/mol. The summed E-state index contributed by atoms with van der Waals surface area (Å²) in [5, 5.41) is 20.1. The van der Waals surface area contributed by atoms with Gasteiger partial charge < -0.3 is 19.6 Å². The maximum atomic E-state index is 12.8. The summed E-state index contributed by atoms with van der Waals surface area (Å²) in [6.45, 7) is 6.50. The number of rotatable bonds is 6. The normalized spacial score (nSPS) is 18.0. The molecule has 192 valence electrons. The number of likely N-dealkylation sites (N-methyl/N-ethyl adjacent to an activating group) is 1. The molecule has 0 radical (unpaired) electrons. The average Bonchev–Trinajstić information content (AvgIpc) is 3.32. The third-order valence-electron chi connectivity index (χ3n) is 7.47. The SMILES string of the molecule is Cc1cccc2cccc(N3CCc4c(N5CCN(C(=O)/C=C/CN(C)C)[C@@H](CC#N)C5)n[nH]c4C3)c12. The second kappa shape index (κ2) is 10.7. The van der Waals surface area contributed by atoms with Crippen LogP contribution in [0.2, 0.25) is 0 Å². The Labute approximate surface area is 218 Å². The zero-order valence-electron chi connectivity index (χ0n) is 21.9. The second-order valence-corrected chi connectivity index (χ2v) is 10.3. The van der Waals surface area contributed by atoms with Gasteiger partial charge in [-0.15, -0.1) is 0 Å². The van der Waals surface area contributed by atoms with Crippen LogP contribution in [0, 0.1) is 18.3 Å². The first-order chi connectivity index (χ1) is 18.0. The van der Waals surface area contributed by atoms with Gasteiger partial charge in [-0.05, 0) is 44.5 Å². The molecule has 1 N–H and O–H groups in total. The molecule has 0 bridgehead atoms. The molecule has 8 nitrogen and oxygen atoms in total. The first kappa shape index (κ1) is 24.8. The van der Waals surface area contributed by atoms with Crippen molar-refractivity contribution in [3.8, 4) is 6.07 Å². The van der Waals surface area contributed by atoms with Gasteiger partial charge in [0, 0.05) is 55.4 Å². The Morgan fingerprint density at radius 1 is 1.19 bits per heavy atom. The Hall–Kier alpha value is -3.83. The van der Waals surface area contributed by atoms with Crippen molar-refractivity contribution in [1.82, 2.24) is 20.0 Å². The molecule has 2 aliphatic heterocycles. The largest absolute Gasteiger partial charge is 0.365 e. The average molecular weight is 498 g/mol. The van der Waals surface area contributed by atoms with Crippen molar-refractivity contribution in [2.45, 2.75) is 32.4 Å². The number of benzene rings is 2. The number of aryl methyl sites for hydroxylation is 1. The zero-order valence-corrected chi connectivity index (χ0v) is 21.9. The summed E-state index contributed by atoms with van der Waals surface area (Å²) in [5.74, 6) is 0.953. The lowest BCUT2D eigenvalue weighted by molar-refractivity contribution is -0.128. The summed E-state index contributed by atoms with van der Waals surface area (Å²) in [4.78, 5) is 21.4. The Morgan fingerprint density at radius 3 is 2.78 bits per heavy atom. The number of nitrogens with one attached hydrogen (secondary N) is 1. The molecule has 1 saturated heterocycles. The summed E-state index contributed by atoms with van der Waals surface area (Å²) >= 11 is 0. The predicted octanol–water partition coefficient (Wildman–Crippen LogP) is 3.48. The highest BCUT2D eigenvalue weighted by atomic mass is 16.2. The van der Waals surface area contributed by atoms with Gasteiger partial charge in [-0.1, -0.05) is 36.4 Å². The van der Waals surface area contributed by atoms with E-state index in [1.807, 2.05) is 30.0 Å². The van der Waals surface area contributed by atoms with Crippen molar-refractivity contribution >= 4 is 28.2 Å². The molecule has 1 aromatic heterocycles. The Balaban J connectivity index is 1.32. The van der Waals surface area contributed by atoms with Crippen LogP contribution in [0.15, 0.2) is 48.6 Å². The van der Waals surface area contributed by atoms with Crippen molar-refractivity contribution in [3.05, 3.63) is 65.4 Å². The van der Waals surface area contributed by atoms with Crippen LogP contribution in [0.5, 0.6) is 0 Å². The fourth-order valence-corrected chi connectivity index (χ4v) is 5.61. The molecule has 1 fully saturated rings. The summed E-state index contributed by atoms with van der Waals surface area (Å²) < 4.78 is 0. The number of anilines is 2. The molecule has 5 rings (SSSR count). The number of fused-ring (bicyclic) bond motifs is 2. The number of hydrogen-bond donors (Lipinski definition) is 1. The van der Waals surface area contributed by atoms with Crippen LogP contribution in [-0.4, -0.2) is 78.8 Å². The van der Waals surface area contributed by atoms with Gasteiger partial charge in [0.2, 0.25) is 5.91 Å². The molecule has 1 amide bonds. The third-order valence-corrected chi connectivity index (χ3v) is 7.47. The quantitative estimate of drug-likeness (QED) is 0.525. The lowest BCUT2D eigenvalue weighted by Gasteiger charge is -2.41. The van der Waals surface area contributed by atoms with Crippen LogP contribution in [0.4, 0.5) is 11.5 Å². The highest BCUT2D eigenvalue weighted by molar-refractivity contribution is 5.97. The number of hydrogen-bond acceptors (Lipinski definition) is 6. The standard InChI is InChI=1S/C29H35N7O/c1-21-7-4-8-22-9-5-10-26(28(21)22)34-16-13-24-25(20-34)31-32-29(24)35-17-18-36(23(19-35)12-14-30)27(37)11-6-15-33(2)3/h4-11,23H,12-13,15-20H2,1-3H3,(H,31,32)/b11-6+/t23-/m0/s1. The maximum absolute atomic E-state index is 12.8. The first-order valence-electron chi connectivity index (χ1n) is 13.0. The molecule has 0 saturated carbocycles. The Kier molecular flexibility index (Phi) is 7.15. The Morgan fingerprint density at radius 2 is 2.00 bits per heavy atom. The molecule has 8 heteroatoms. The number of aromatic amines is 1. The molecule has 0 aliphatic carbocycles. The van der Waals surface area contributed by atoms with E-state index >= 15 is 0 Å². The highest BCUT2D eigenvalue weighted by Gasteiger charge is 2.33. The summed E-state index contributed by atoms with van der Waals surface area (Å²) in [6.07, 6.45) is 4.73. The van der Waals surface area contributed by atoms with E-state index < -0.39 is 0 Å². The van der Waals surface area contributed by atoms with E-state index in [2.05, 4.69) is 64.3 Å². The van der Waals surface area contributed by atoms with Gasteiger partial charge in [0.05, 0.1) is 30.8 Å². The van der Waals surface area contributed by atoms with Gasteiger partial charge >= 0.3 is 0 Å². The number of nitrogens with zero attached hydrogens (tertiary/aromatic N) is 6. The van der Waals surface area contributed by atoms with Crippen molar-refractivity contribution in [2.75, 3.05) is 56.6 Å². The van der Waals surface area contributed by atoms with Crippen LogP contribution in [0.3, 0.4) is 0 Å². The molecule has 0 spiro atoms. The van der Waals surface area contributed by atoms with Crippen molar-refractivity contribution in [1.29, 1.82) is 5.26 Å². The molecule has 0 unspecified atom stereocenters. The number of carbonyl (C=O) groups excluding carboxylic acids is 1. The lowest BCUT2D eigenvalue weighted by atomic mass is 10.00. The van der Waals surface area contributed by atoms with Crippen LogP contribution in [-0.2, 0) is 17.8 Å². The van der Waals surface area contributed by atoms with E-state index in [0.29, 0.717) is 32.6 Å². The number of nitriles is 1. The van der Waals surface area contributed by atoms with Gasteiger partial charge in [-0.25, -0.2) is 0 Å². The van der Waals surface area contributed by atoms with E-state index in [4.69, 9.17) is 5.10 Å². The summed E-state index contributed by atoms with van der Waals surface area (Å²) in [7, 11) is 3.94. The van der Waals surface area contributed by atoms with Crippen LogP contribution in [0.25, 0.3) is 10.8 Å². The number of aromatic nitrogens is 2. The Bertz CT molecular complexity index is 1350. The van der Waals surface area contributed by atoms with E-state index in [1.54, 1.807) is 6.08 Å². The number of carbonyl (C=O) groups is 1. The summed E-state index contributed by atoms with van der Waals surface area (Å²) in [6, 6.07) is 15.1. The van der Waals surface area contributed by atoms with Gasteiger partial charge in [0.25, 0.3) is 0 Å². The molecular formula is C29H35N7O. The molecule has 37 heavy (non-hydrogen) atoms. The van der Waals surface area contributed by atoms with Crippen LogP contribution >= 0.6 is 0 Å². The minimum atomic E-state index is -0.152. The molecule has 3 heterocycles. The monoisotopic (exact) mass is 497 g/mol. The smallest absolute Gasteiger partial charge is 0.246 e.